The van der Waals surface area contributed by atoms with Gasteiger partial charge in [-0.2, -0.15) is 0 Å². The fourth-order valence-electron chi connectivity index (χ4n) is 2.81. The summed E-state index contributed by atoms with van der Waals surface area (Å²) in [7, 11) is 0. The van der Waals surface area contributed by atoms with E-state index in [-0.39, 0.29) is 11.3 Å². The number of rotatable bonds is 3. The third kappa shape index (κ3) is 2.59. The second-order valence-corrected chi connectivity index (χ2v) is 7.11. The van der Waals surface area contributed by atoms with Crippen molar-refractivity contribution in [2.45, 2.75) is 53.4 Å². The van der Waals surface area contributed by atoms with Gasteiger partial charge in [-0.1, -0.05) is 20.3 Å². The van der Waals surface area contributed by atoms with Gasteiger partial charge in [-0.25, -0.2) is 4.98 Å². The highest BCUT2D eigenvalue weighted by molar-refractivity contribution is 7.11. The molecule has 1 atom stereocenters. The van der Waals surface area contributed by atoms with Crippen LogP contribution >= 0.6 is 11.3 Å². The zero-order valence-corrected chi connectivity index (χ0v) is 12.0. The first kappa shape index (κ1) is 12.7. The summed E-state index contributed by atoms with van der Waals surface area (Å²) in [5.74, 6) is 0.633. The summed E-state index contributed by atoms with van der Waals surface area (Å²) in [6.07, 6.45) is 3.97. The molecule has 1 aliphatic carbocycles. The molecule has 0 N–H and O–H groups in total. The second kappa shape index (κ2) is 4.52. The predicted octanol–water partition coefficient (Wildman–Crippen LogP) is 3.70. The highest BCUT2D eigenvalue weighted by Crippen LogP contribution is 2.43. The average Bonchev–Trinajstić information content (AvgIpc) is 2.70. The van der Waals surface area contributed by atoms with E-state index < -0.39 is 0 Å². The van der Waals surface area contributed by atoms with Crippen molar-refractivity contribution in [3.63, 3.8) is 0 Å². The van der Waals surface area contributed by atoms with Gasteiger partial charge in [0.2, 0.25) is 0 Å². The zero-order valence-electron chi connectivity index (χ0n) is 11.2. The molecule has 2 rings (SSSR count). The molecule has 3 heteroatoms. The van der Waals surface area contributed by atoms with Crippen LogP contribution in [0.2, 0.25) is 0 Å². The van der Waals surface area contributed by atoms with E-state index in [0.717, 1.165) is 17.1 Å². The molecule has 1 unspecified atom stereocenters. The molecular weight excluding hydrogens is 230 g/mol. The first-order chi connectivity index (χ1) is 7.90. The number of aryl methyl sites for hydroxylation is 2. The van der Waals surface area contributed by atoms with Gasteiger partial charge >= 0.3 is 0 Å². The van der Waals surface area contributed by atoms with Crippen LogP contribution in [0.25, 0.3) is 0 Å². The van der Waals surface area contributed by atoms with E-state index in [4.69, 9.17) is 0 Å². The molecule has 0 bridgehead atoms. The fraction of sp³-hybridized carbons (Fsp3) is 0.714. The van der Waals surface area contributed by atoms with Crippen molar-refractivity contribution in [1.82, 2.24) is 4.98 Å². The number of ketones is 1. The summed E-state index contributed by atoms with van der Waals surface area (Å²) in [4.78, 5) is 18.0. The molecular formula is C14H21NOS. The van der Waals surface area contributed by atoms with Gasteiger partial charge < -0.3 is 0 Å². The molecule has 0 amide bonds. The molecule has 2 nitrogen and oxygen atoms in total. The van der Waals surface area contributed by atoms with Crippen LogP contribution in [0.3, 0.4) is 0 Å². The van der Waals surface area contributed by atoms with Crippen molar-refractivity contribution in [3.8, 4) is 0 Å². The molecule has 1 aromatic heterocycles. The quantitative estimate of drug-likeness (QED) is 0.820. The minimum absolute atomic E-state index is 0.193. The number of Topliss-reactive ketones (excluding diaryl/α,β-unsaturated/α-hetero) is 1. The summed E-state index contributed by atoms with van der Waals surface area (Å²) >= 11 is 1.67. The van der Waals surface area contributed by atoms with Crippen LogP contribution in [0.15, 0.2) is 0 Å². The number of carbonyl (C=O) groups is 1. The van der Waals surface area contributed by atoms with Crippen LogP contribution in [0, 0.1) is 25.2 Å². The first-order valence-corrected chi connectivity index (χ1v) is 7.17. The summed E-state index contributed by atoms with van der Waals surface area (Å²) in [6, 6.07) is 0. The zero-order chi connectivity index (χ0) is 12.6. The molecule has 17 heavy (non-hydrogen) atoms. The van der Waals surface area contributed by atoms with Gasteiger partial charge in [0.25, 0.3) is 0 Å². The van der Waals surface area contributed by atoms with Crippen LogP contribution in [-0.4, -0.2) is 10.8 Å². The average molecular weight is 251 g/mol. The molecule has 1 aliphatic rings. The maximum absolute atomic E-state index is 12.3. The summed E-state index contributed by atoms with van der Waals surface area (Å²) in [6.45, 7) is 8.53. The number of nitrogens with zero attached hydrogens (tertiary/aromatic N) is 1. The Labute approximate surface area is 107 Å². The first-order valence-electron chi connectivity index (χ1n) is 6.36. The Hall–Kier alpha value is -0.700. The Bertz CT molecular complexity index is 414. The van der Waals surface area contributed by atoms with Gasteiger partial charge in [0.05, 0.1) is 12.1 Å². The molecule has 0 spiro atoms. The number of thiazole rings is 1. The number of carbonyl (C=O) groups excluding carboxylic acids is 1. The van der Waals surface area contributed by atoms with Crippen molar-refractivity contribution >= 4 is 17.1 Å². The van der Waals surface area contributed by atoms with E-state index >= 15 is 0 Å². The molecule has 0 aromatic carbocycles. The molecule has 1 aromatic rings. The van der Waals surface area contributed by atoms with Crippen molar-refractivity contribution in [2.24, 2.45) is 11.3 Å². The summed E-state index contributed by atoms with van der Waals surface area (Å²) < 4.78 is 0. The van der Waals surface area contributed by atoms with E-state index in [0.29, 0.717) is 12.2 Å². The molecule has 1 fully saturated rings. The summed E-state index contributed by atoms with van der Waals surface area (Å²) in [5.41, 5.74) is 1.27. The van der Waals surface area contributed by atoms with Crippen molar-refractivity contribution in [2.75, 3.05) is 0 Å². The monoisotopic (exact) mass is 251 g/mol. The Morgan fingerprint density at radius 3 is 2.65 bits per heavy atom. The maximum Gasteiger partial charge on any atom is 0.143 e. The van der Waals surface area contributed by atoms with Crippen LogP contribution in [0.1, 0.15) is 48.7 Å². The van der Waals surface area contributed by atoms with Gasteiger partial charge in [0.1, 0.15) is 10.8 Å². The Balaban J connectivity index is 2.07. The van der Waals surface area contributed by atoms with Crippen molar-refractivity contribution < 1.29 is 4.79 Å². The van der Waals surface area contributed by atoms with E-state index in [1.807, 2.05) is 6.92 Å². The van der Waals surface area contributed by atoms with Gasteiger partial charge in [0, 0.05) is 10.8 Å². The van der Waals surface area contributed by atoms with Crippen LogP contribution in [0.5, 0.6) is 0 Å². The van der Waals surface area contributed by atoms with Gasteiger partial charge in [0.15, 0.2) is 0 Å². The van der Waals surface area contributed by atoms with Gasteiger partial charge in [-0.05, 0) is 32.1 Å². The smallest absolute Gasteiger partial charge is 0.143 e. The largest absolute Gasteiger partial charge is 0.299 e. The summed E-state index contributed by atoms with van der Waals surface area (Å²) in [5, 5.41) is 0.993. The Morgan fingerprint density at radius 2 is 2.18 bits per heavy atom. The fourth-order valence-corrected chi connectivity index (χ4v) is 3.75. The van der Waals surface area contributed by atoms with Gasteiger partial charge in [-0.3, -0.25) is 4.79 Å². The van der Waals surface area contributed by atoms with Gasteiger partial charge in [-0.15, -0.1) is 11.3 Å². The highest BCUT2D eigenvalue weighted by Gasteiger charge is 2.38. The lowest BCUT2D eigenvalue weighted by atomic mass is 9.79. The topological polar surface area (TPSA) is 30.0 Å². The van der Waals surface area contributed by atoms with E-state index in [9.17, 15) is 4.79 Å². The highest BCUT2D eigenvalue weighted by atomic mass is 32.1. The number of hydrogen-bond acceptors (Lipinski definition) is 3. The van der Waals surface area contributed by atoms with E-state index in [1.54, 1.807) is 11.3 Å². The molecule has 1 saturated carbocycles. The lowest BCUT2D eigenvalue weighted by Crippen LogP contribution is -2.27. The molecule has 94 valence electrons. The Kier molecular flexibility index (Phi) is 3.39. The second-order valence-electron chi connectivity index (χ2n) is 5.83. The maximum atomic E-state index is 12.3. The van der Waals surface area contributed by atoms with Crippen LogP contribution < -0.4 is 0 Å². The Morgan fingerprint density at radius 1 is 1.47 bits per heavy atom. The lowest BCUT2D eigenvalue weighted by molar-refractivity contribution is -0.124. The molecule has 0 radical (unpaired) electrons. The van der Waals surface area contributed by atoms with Crippen LogP contribution in [-0.2, 0) is 11.2 Å². The van der Waals surface area contributed by atoms with Crippen molar-refractivity contribution in [3.05, 3.63) is 15.6 Å². The van der Waals surface area contributed by atoms with E-state index in [2.05, 4.69) is 25.8 Å². The van der Waals surface area contributed by atoms with E-state index in [1.165, 1.54) is 17.7 Å². The molecule has 0 saturated heterocycles. The lowest BCUT2D eigenvalue weighted by Gasteiger charge is -2.25. The SMILES string of the molecule is Cc1nc(CC(=O)C2CCCC2(C)C)sc1C. The third-order valence-electron chi connectivity index (χ3n) is 4.04. The molecule has 1 heterocycles. The number of aromatic nitrogens is 1. The standard InChI is InChI=1S/C14H21NOS/c1-9-10(2)17-13(15-9)8-12(16)11-6-5-7-14(11,3)4/h11H,5-8H2,1-4H3. The van der Waals surface area contributed by atoms with Crippen LogP contribution in [0.4, 0.5) is 0 Å². The minimum atomic E-state index is 0.193. The normalized spacial score (nSPS) is 22.9. The molecule has 0 aliphatic heterocycles. The minimum Gasteiger partial charge on any atom is -0.299 e. The third-order valence-corrected chi connectivity index (χ3v) is 5.12. The number of hydrogen-bond donors (Lipinski definition) is 0. The van der Waals surface area contributed by atoms with Crippen molar-refractivity contribution in [1.29, 1.82) is 0 Å². The predicted molar refractivity (Wildman–Crippen MR) is 71.4 cm³/mol.